The second kappa shape index (κ2) is 8.83. The number of benzene rings is 5. The van der Waals surface area contributed by atoms with E-state index < -0.39 is 0 Å². The third kappa shape index (κ3) is 3.96. The number of pyridine rings is 1. The van der Waals surface area contributed by atoms with Gasteiger partial charge in [-0.15, -0.1) is 0 Å². The molecule has 1 heterocycles. The first-order valence-electron chi connectivity index (χ1n) is 11.1. The summed E-state index contributed by atoms with van der Waals surface area (Å²) in [6.07, 6.45) is 0. The highest BCUT2D eigenvalue weighted by atomic mass is 79.9. The van der Waals surface area contributed by atoms with Crippen molar-refractivity contribution < 1.29 is 0 Å². The van der Waals surface area contributed by atoms with E-state index in [1.165, 1.54) is 32.7 Å². The summed E-state index contributed by atoms with van der Waals surface area (Å²) in [6, 6.07) is 40.7. The van der Waals surface area contributed by atoms with Gasteiger partial charge < -0.3 is 0 Å². The zero-order chi connectivity index (χ0) is 23.1. The smallest absolute Gasteiger partial charge is 0.0715 e. The number of halogens is 2. The SMILES string of the molecule is Brc1ccc(-c2cc(-c3c4ccccc4cc4ccccc34)cc(-c3ccc(Br)cc3)n2)cc1. The van der Waals surface area contributed by atoms with Crippen molar-refractivity contribution in [2.75, 3.05) is 0 Å². The van der Waals surface area contributed by atoms with Crippen LogP contribution in [0.4, 0.5) is 0 Å². The average molecular weight is 565 g/mol. The first-order chi connectivity index (χ1) is 16.7. The Kier molecular flexibility index (Phi) is 5.52. The summed E-state index contributed by atoms with van der Waals surface area (Å²) in [7, 11) is 0. The maximum absolute atomic E-state index is 5.09. The fourth-order valence-electron chi connectivity index (χ4n) is 4.54. The molecule has 0 unspecified atom stereocenters. The van der Waals surface area contributed by atoms with Crippen LogP contribution in [0, 0.1) is 0 Å². The third-order valence-corrected chi connectivity index (χ3v) is 7.22. The summed E-state index contributed by atoms with van der Waals surface area (Å²) in [5.74, 6) is 0. The molecule has 0 saturated carbocycles. The highest BCUT2D eigenvalue weighted by Gasteiger charge is 2.14. The van der Waals surface area contributed by atoms with Gasteiger partial charge >= 0.3 is 0 Å². The molecular weight excluding hydrogens is 546 g/mol. The van der Waals surface area contributed by atoms with Crippen molar-refractivity contribution in [3.63, 3.8) is 0 Å². The van der Waals surface area contributed by atoms with Crippen LogP contribution in [0.3, 0.4) is 0 Å². The van der Waals surface area contributed by atoms with Crippen molar-refractivity contribution >= 4 is 53.4 Å². The quantitative estimate of drug-likeness (QED) is 0.195. The van der Waals surface area contributed by atoms with Crippen LogP contribution in [0.15, 0.2) is 124 Å². The molecule has 0 spiro atoms. The molecule has 0 N–H and O–H groups in total. The van der Waals surface area contributed by atoms with Gasteiger partial charge in [-0.25, -0.2) is 4.98 Å². The number of hydrogen-bond donors (Lipinski definition) is 0. The Bertz CT molecular complexity index is 1530. The van der Waals surface area contributed by atoms with E-state index >= 15 is 0 Å². The fraction of sp³-hybridized carbons (Fsp3) is 0. The van der Waals surface area contributed by atoms with Crippen LogP contribution >= 0.6 is 31.9 Å². The molecule has 0 bridgehead atoms. The second-order valence-electron chi connectivity index (χ2n) is 8.33. The van der Waals surface area contributed by atoms with E-state index in [0.29, 0.717) is 0 Å². The third-order valence-electron chi connectivity index (χ3n) is 6.17. The van der Waals surface area contributed by atoms with Crippen molar-refractivity contribution in [1.82, 2.24) is 4.98 Å². The van der Waals surface area contributed by atoms with Gasteiger partial charge in [0.2, 0.25) is 0 Å². The lowest BCUT2D eigenvalue weighted by atomic mass is 9.91. The first-order valence-corrected chi connectivity index (χ1v) is 12.7. The monoisotopic (exact) mass is 563 g/mol. The van der Waals surface area contributed by atoms with Gasteiger partial charge in [-0.1, -0.05) is 105 Å². The minimum absolute atomic E-state index is 0.958. The summed E-state index contributed by atoms with van der Waals surface area (Å²) in [5.41, 5.74) is 6.51. The molecule has 162 valence electrons. The average Bonchev–Trinajstić information content (AvgIpc) is 2.88. The molecule has 5 aromatic carbocycles. The van der Waals surface area contributed by atoms with Crippen LogP contribution in [0.5, 0.6) is 0 Å². The van der Waals surface area contributed by atoms with Crippen LogP contribution in [-0.2, 0) is 0 Å². The Hall–Kier alpha value is -3.27. The highest BCUT2D eigenvalue weighted by Crippen LogP contribution is 2.39. The van der Waals surface area contributed by atoms with Crippen molar-refractivity contribution in [3.8, 4) is 33.6 Å². The zero-order valence-electron chi connectivity index (χ0n) is 18.2. The number of rotatable bonds is 3. The van der Waals surface area contributed by atoms with Crippen molar-refractivity contribution in [2.24, 2.45) is 0 Å². The fourth-order valence-corrected chi connectivity index (χ4v) is 5.07. The molecule has 0 fully saturated rings. The molecule has 0 aliphatic heterocycles. The molecule has 0 aliphatic carbocycles. The van der Waals surface area contributed by atoms with Crippen LogP contribution in [-0.4, -0.2) is 4.98 Å². The lowest BCUT2D eigenvalue weighted by molar-refractivity contribution is 1.32. The Morgan fingerprint density at radius 1 is 0.441 bits per heavy atom. The van der Waals surface area contributed by atoms with Crippen molar-refractivity contribution in [1.29, 1.82) is 0 Å². The molecule has 6 rings (SSSR count). The molecule has 1 aromatic heterocycles. The molecule has 0 radical (unpaired) electrons. The van der Waals surface area contributed by atoms with Crippen LogP contribution in [0.1, 0.15) is 0 Å². The summed E-state index contributed by atoms with van der Waals surface area (Å²) in [6.45, 7) is 0. The Morgan fingerprint density at radius 3 is 1.35 bits per heavy atom. The van der Waals surface area contributed by atoms with Gasteiger partial charge in [-0.05, 0) is 75.1 Å². The van der Waals surface area contributed by atoms with Gasteiger partial charge in [0.1, 0.15) is 0 Å². The highest BCUT2D eigenvalue weighted by molar-refractivity contribution is 9.10. The Labute approximate surface area is 215 Å². The van der Waals surface area contributed by atoms with Gasteiger partial charge in [0.15, 0.2) is 0 Å². The van der Waals surface area contributed by atoms with Gasteiger partial charge in [-0.2, -0.15) is 0 Å². The minimum atomic E-state index is 0.958. The maximum Gasteiger partial charge on any atom is 0.0715 e. The Balaban J connectivity index is 1.69. The molecular formula is C31H19Br2N. The van der Waals surface area contributed by atoms with E-state index in [-0.39, 0.29) is 0 Å². The second-order valence-corrected chi connectivity index (χ2v) is 10.2. The molecule has 0 saturated heterocycles. The van der Waals surface area contributed by atoms with Gasteiger partial charge in [0.05, 0.1) is 11.4 Å². The molecule has 0 atom stereocenters. The van der Waals surface area contributed by atoms with Crippen LogP contribution in [0.2, 0.25) is 0 Å². The summed E-state index contributed by atoms with van der Waals surface area (Å²) in [4.78, 5) is 5.09. The van der Waals surface area contributed by atoms with Gasteiger partial charge in [-0.3, -0.25) is 0 Å². The maximum atomic E-state index is 5.09. The summed E-state index contributed by atoms with van der Waals surface area (Å²) < 4.78 is 2.11. The summed E-state index contributed by atoms with van der Waals surface area (Å²) in [5, 5.41) is 4.97. The van der Waals surface area contributed by atoms with Gasteiger partial charge in [0, 0.05) is 20.1 Å². The minimum Gasteiger partial charge on any atom is -0.248 e. The topological polar surface area (TPSA) is 12.9 Å². The van der Waals surface area contributed by atoms with Gasteiger partial charge in [0.25, 0.3) is 0 Å². The number of aromatic nitrogens is 1. The number of fused-ring (bicyclic) bond motifs is 2. The molecule has 6 aromatic rings. The van der Waals surface area contributed by atoms with E-state index in [9.17, 15) is 0 Å². The Morgan fingerprint density at radius 2 is 0.882 bits per heavy atom. The lowest BCUT2D eigenvalue weighted by Crippen LogP contribution is -1.93. The molecule has 0 aliphatic rings. The first kappa shape index (κ1) is 21.3. The number of nitrogens with zero attached hydrogens (tertiary/aromatic N) is 1. The van der Waals surface area contributed by atoms with Crippen LogP contribution < -0.4 is 0 Å². The predicted octanol–water partition coefficient (Wildman–Crippen LogP) is 9.91. The number of hydrogen-bond acceptors (Lipinski definition) is 1. The normalized spacial score (nSPS) is 11.2. The van der Waals surface area contributed by atoms with E-state index in [1.54, 1.807) is 0 Å². The zero-order valence-corrected chi connectivity index (χ0v) is 21.3. The van der Waals surface area contributed by atoms with Crippen LogP contribution in [0.25, 0.3) is 55.2 Å². The lowest BCUT2D eigenvalue weighted by Gasteiger charge is -2.15. The summed E-state index contributed by atoms with van der Waals surface area (Å²) >= 11 is 7.11. The molecule has 3 heteroatoms. The molecule has 34 heavy (non-hydrogen) atoms. The predicted molar refractivity (Wildman–Crippen MR) is 151 cm³/mol. The van der Waals surface area contributed by atoms with Crippen molar-refractivity contribution in [3.05, 3.63) is 124 Å². The largest absolute Gasteiger partial charge is 0.248 e. The molecule has 1 nitrogen and oxygen atoms in total. The van der Waals surface area contributed by atoms with E-state index in [4.69, 9.17) is 4.98 Å². The van der Waals surface area contributed by atoms with Crippen molar-refractivity contribution in [2.45, 2.75) is 0 Å². The van der Waals surface area contributed by atoms with E-state index in [2.05, 4.69) is 147 Å². The van der Waals surface area contributed by atoms with E-state index in [0.717, 1.165) is 31.5 Å². The molecule has 0 amide bonds. The van der Waals surface area contributed by atoms with E-state index in [1.807, 2.05) is 0 Å². The standard InChI is InChI=1S/C31H19Br2N/c32-25-13-9-20(10-14-25)29-18-24(19-30(34-29)21-11-15-26(33)16-12-21)31-27-7-3-1-5-22(27)17-23-6-2-4-8-28(23)31/h1-19H.